The summed E-state index contributed by atoms with van der Waals surface area (Å²) < 4.78 is 32.0. The Morgan fingerprint density at radius 3 is 1.53 bits per heavy atom. The van der Waals surface area contributed by atoms with Gasteiger partial charge in [0, 0.05) is 48.7 Å². The van der Waals surface area contributed by atoms with E-state index in [9.17, 15) is 9.59 Å². The third-order valence-electron chi connectivity index (χ3n) is 10.1. The number of benzene rings is 2. The number of carboxylic acid groups (broad SMARTS) is 1. The number of halogens is 2. The SMILES string of the molecule is Cc1c(-c2nc(-c3ccc(OC(C)C)c(Cl)c3)no2)nc2n1CCN(CC(=O)O)C2.Cc1c(-c2nc(-c3ccc(OC(C)C)c(Cl)c3)no2)nc2n1CCN(CC(=O)OC(C)(C)C)C2. The largest absolute Gasteiger partial charge is 0.489 e. The molecule has 0 saturated carbocycles. The van der Waals surface area contributed by atoms with E-state index in [0.717, 1.165) is 35.1 Å². The molecule has 0 radical (unpaired) electrons. The van der Waals surface area contributed by atoms with Gasteiger partial charge in [0.2, 0.25) is 11.6 Å². The standard InChI is InChI=1S/C24H30ClN5O4.C20H22ClN5O4/c1-14(2)32-18-8-7-16(11-17(18)25)22-27-23(34-28-22)21-15(3)30-10-9-29(12-19(30)26-21)13-20(31)33-24(4,5)6;1-11(2)29-15-5-4-13(8-14(15)21)19-23-20(30-24-19)18-12(3)26-7-6-25(10-17(27)28)9-16(26)22-18/h7-8,11,14H,9-10,12-13H2,1-6H3;4-5,8,11H,6-7,9-10H2,1-3H3,(H,27,28). The fraction of sp³-hybridized carbons (Fsp3) is 0.455. The summed E-state index contributed by atoms with van der Waals surface area (Å²) in [6, 6.07) is 10.7. The van der Waals surface area contributed by atoms with Gasteiger partial charge in [0.15, 0.2) is 0 Å². The number of hydrogen-bond acceptors (Lipinski definition) is 15. The summed E-state index contributed by atoms with van der Waals surface area (Å²) in [4.78, 5) is 45.5. The summed E-state index contributed by atoms with van der Waals surface area (Å²) >= 11 is 12.7. The zero-order valence-corrected chi connectivity index (χ0v) is 38.8. The number of nitrogens with zero attached hydrogens (tertiary/aromatic N) is 10. The average molecular weight is 920 g/mol. The van der Waals surface area contributed by atoms with Gasteiger partial charge in [-0.05, 0) is 98.7 Å². The number of ether oxygens (including phenoxy) is 3. The fourth-order valence-electron chi connectivity index (χ4n) is 7.33. The minimum atomic E-state index is -0.850. The monoisotopic (exact) mass is 918 g/mol. The van der Waals surface area contributed by atoms with Crippen molar-refractivity contribution in [1.29, 1.82) is 0 Å². The number of rotatable bonds is 12. The van der Waals surface area contributed by atoms with E-state index in [1.807, 2.05) is 84.2 Å². The van der Waals surface area contributed by atoms with E-state index in [0.29, 0.717) is 94.6 Å². The van der Waals surface area contributed by atoms with Crippen LogP contribution in [0.2, 0.25) is 10.0 Å². The molecule has 64 heavy (non-hydrogen) atoms. The van der Waals surface area contributed by atoms with E-state index in [4.69, 9.17) is 56.5 Å². The molecule has 0 amide bonds. The molecule has 2 aliphatic rings. The number of carboxylic acids is 1. The predicted molar refractivity (Wildman–Crippen MR) is 237 cm³/mol. The van der Waals surface area contributed by atoms with Crippen molar-refractivity contribution in [2.75, 3.05) is 26.2 Å². The lowest BCUT2D eigenvalue weighted by Crippen LogP contribution is -2.39. The number of aromatic nitrogens is 8. The van der Waals surface area contributed by atoms with Crippen molar-refractivity contribution in [3.05, 3.63) is 69.5 Å². The molecule has 0 atom stereocenters. The molecule has 340 valence electrons. The molecule has 2 aromatic carbocycles. The molecule has 2 aliphatic heterocycles. The predicted octanol–water partition coefficient (Wildman–Crippen LogP) is 7.76. The zero-order valence-electron chi connectivity index (χ0n) is 37.3. The highest BCUT2D eigenvalue weighted by atomic mass is 35.5. The summed E-state index contributed by atoms with van der Waals surface area (Å²) in [5.41, 5.74) is 4.03. The summed E-state index contributed by atoms with van der Waals surface area (Å²) in [6.07, 6.45) is 0.0431. The molecular formula is C44H52Cl2N10O8. The fourth-order valence-corrected chi connectivity index (χ4v) is 7.78. The minimum absolute atomic E-state index is 0.0107. The van der Waals surface area contributed by atoms with Crippen LogP contribution in [0.15, 0.2) is 45.4 Å². The van der Waals surface area contributed by atoms with Crippen LogP contribution < -0.4 is 9.47 Å². The van der Waals surface area contributed by atoms with Gasteiger partial charge in [0.1, 0.15) is 40.1 Å². The van der Waals surface area contributed by atoms with Crippen molar-refractivity contribution in [2.24, 2.45) is 0 Å². The molecule has 0 fully saturated rings. The molecule has 1 N–H and O–H groups in total. The highest BCUT2D eigenvalue weighted by Gasteiger charge is 2.29. The first-order valence-corrected chi connectivity index (χ1v) is 21.7. The van der Waals surface area contributed by atoms with Gasteiger partial charge in [-0.2, -0.15) is 9.97 Å². The van der Waals surface area contributed by atoms with Crippen molar-refractivity contribution in [3.8, 4) is 57.4 Å². The second-order valence-electron chi connectivity index (χ2n) is 17.1. The summed E-state index contributed by atoms with van der Waals surface area (Å²) in [6.45, 7) is 21.2. The van der Waals surface area contributed by atoms with Crippen LogP contribution in [0.5, 0.6) is 11.5 Å². The van der Waals surface area contributed by atoms with Gasteiger partial charge in [-0.15, -0.1) is 0 Å². The Morgan fingerprint density at radius 1 is 0.703 bits per heavy atom. The topological polar surface area (TPSA) is 202 Å². The first-order valence-electron chi connectivity index (χ1n) is 20.9. The van der Waals surface area contributed by atoms with Crippen LogP contribution in [0.3, 0.4) is 0 Å². The van der Waals surface area contributed by atoms with E-state index >= 15 is 0 Å². The summed E-state index contributed by atoms with van der Waals surface area (Å²) in [5.74, 6) is 3.23. The molecular weight excluding hydrogens is 867 g/mol. The first-order chi connectivity index (χ1) is 30.3. The van der Waals surface area contributed by atoms with Crippen LogP contribution >= 0.6 is 23.2 Å². The Hall–Kier alpha value is -5.82. The number of carbonyl (C=O) groups is 2. The second-order valence-corrected chi connectivity index (χ2v) is 17.9. The van der Waals surface area contributed by atoms with Crippen molar-refractivity contribution in [2.45, 2.75) is 106 Å². The average Bonchev–Trinajstić information content (AvgIpc) is 4.02. The van der Waals surface area contributed by atoms with Gasteiger partial charge in [-0.25, -0.2) is 9.97 Å². The number of hydrogen-bond donors (Lipinski definition) is 1. The van der Waals surface area contributed by atoms with E-state index < -0.39 is 11.6 Å². The van der Waals surface area contributed by atoms with Crippen LogP contribution in [-0.4, -0.2) is 110 Å². The summed E-state index contributed by atoms with van der Waals surface area (Å²) in [5, 5.41) is 18.2. The Labute approximate surface area is 380 Å². The maximum atomic E-state index is 12.2. The highest BCUT2D eigenvalue weighted by Crippen LogP contribution is 2.34. The van der Waals surface area contributed by atoms with Crippen molar-refractivity contribution in [1.82, 2.24) is 49.2 Å². The molecule has 0 aliphatic carbocycles. The normalized spacial score (nSPS) is 14.3. The van der Waals surface area contributed by atoms with Crippen LogP contribution in [0.4, 0.5) is 0 Å². The zero-order chi connectivity index (χ0) is 46.0. The quantitative estimate of drug-likeness (QED) is 0.117. The third kappa shape index (κ3) is 10.9. The maximum absolute atomic E-state index is 12.2. The van der Waals surface area contributed by atoms with E-state index in [-0.39, 0.29) is 31.3 Å². The minimum Gasteiger partial charge on any atom is -0.489 e. The van der Waals surface area contributed by atoms with Crippen LogP contribution in [0.25, 0.3) is 45.9 Å². The Bertz CT molecular complexity index is 2640. The van der Waals surface area contributed by atoms with Crippen LogP contribution in [0.1, 0.15) is 71.5 Å². The van der Waals surface area contributed by atoms with Gasteiger partial charge in [0.05, 0.1) is 48.4 Å². The Kier molecular flexibility index (Phi) is 13.8. The molecule has 6 heterocycles. The van der Waals surface area contributed by atoms with E-state index in [1.165, 1.54) is 0 Å². The number of fused-ring (bicyclic) bond motifs is 2. The number of imidazole rings is 2. The van der Waals surface area contributed by atoms with Crippen molar-refractivity contribution < 1.29 is 38.0 Å². The lowest BCUT2D eigenvalue weighted by atomic mass is 10.2. The first kappa shape index (κ1) is 46.2. The van der Waals surface area contributed by atoms with Crippen LogP contribution in [0, 0.1) is 13.8 Å². The molecule has 6 aromatic rings. The smallest absolute Gasteiger partial charge is 0.320 e. The number of esters is 1. The van der Waals surface area contributed by atoms with E-state index in [2.05, 4.69) is 34.4 Å². The molecule has 0 saturated heterocycles. The number of aliphatic carboxylic acids is 1. The molecule has 8 rings (SSSR count). The number of carbonyl (C=O) groups excluding carboxylic acids is 1. The molecule has 18 nitrogen and oxygen atoms in total. The van der Waals surface area contributed by atoms with Crippen molar-refractivity contribution >= 4 is 35.1 Å². The molecule has 4 aromatic heterocycles. The lowest BCUT2D eigenvalue weighted by Gasteiger charge is -2.28. The Morgan fingerprint density at radius 2 is 1.14 bits per heavy atom. The van der Waals surface area contributed by atoms with Gasteiger partial charge >= 0.3 is 11.9 Å². The lowest BCUT2D eigenvalue weighted by molar-refractivity contribution is -0.156. The van der Waals surface area contributed by atoms with Crippen LogP contribution in [-0.2, 0) is 40.5 Å². The maximum Gasteiger partial charge on any atom is 0.320 e. The molecule has 20 heteroatoms. The molecule has 0 bridgehead atoms. The molecule has 0 unspecified atom stereocenters. The molecule has 0 spiro atoms. The second kappa shape index (κ2) is 19.1. The third-order valence-corrected chi connectivity index (χ3v) is 10.7. The van der Waals surface area contributed by atoms with Gasteiger partial charge in [-0.1, -0.05) is 33.5 Å². The van der Waals surface area contributed by atoms with Gasteiger partial charge < -0.3 is 37.5 Å². The van der Waals surface area contributed by atoms with E-state index in [1.54, 1.807) is 24.3 Å². The summed E-state index contributed by atoms with van der Waals surface area (Å²) in [7, 11) is 0. The highest BCUT2D eigenvalue weighted by molar-refractivity contribution is 6.32. The van der Waals surface area contributed by atoms with Gasteiger partial charge in [0.25, 0.3) is 11.8 Å². The Balaban J connectivity index is 0.000000193. The van der Waals surface area contributed by atoms with Gasteiger partial charge in [-0.3, -0.25) is 19.4 Å². The van der Waals surface area contributed by atoms with Crippen molar-refractivity contribution in [3.63, 3.8) is 0 Å².